The molecule has 0 aliphatic heterocycles. The van der Waals surface area contributed by atoms with Gasteiger partial charge in [-0.15, -0.1) is 0 Å². The summed E-state index contributed by atoms with van der Waals surface area (Å²) in [5.41, 5.74) is -0.770. The Balaban J connectivity index is 2.67. The normalized spacial score (nSPS) is 14.5. The Morgan fingerprint density at radius 3 is 2.55 bits per heavy atom. The van der Waals surface area contributed by atoms with Crippen LogP contribution in [0.1, 0.15) is 19.4 Å². The van der Waals surface area contributed by atoms with Crippen LogP contribution in [0, 0.1) is 5.92 Å². The number of halogens is 3. The average Bonchev–Trinajstić information content (AvgIpc) is 2.36. The summed E-state index contributed by atoms with van der Waals surface area (Å²) < 4.78 is 37.5. The number of hydrogen-bond donors (Lipinski definition) is 3. The van der Waals surface area contributed by atoms with Gasteiger partial charge in [0, 0.05) is 18.3 Å². The first-order valence-corrected chi connectivity index (χ1v) is 6.09. The van der Waals surface area contributed by atoms with E-state index in [9.17, 15) is 18.0 Å². The van der Waals surface area contributed by atoms with Crippen LogP contribution in [0.25, 0.3) is 0 Å². The number of benzene rings is 1. The number of nitrogens with one attached hydrogen (secondary N) is 2. The number of carbonyl (C=O) groups is 1. The Morgan fingerprint density at radius 2 is 2.00 bits per heavy atom. The number of urea groups is 1. The minimum atomic E-state index is -4.45. The molecule has 2 amide bonds. The SMILES string of the molecule is CC(CO)C(C)NC(=O)Nc1cccc(C(F)(F)F)c1. The van der Waals surface area contributed by atoms with Gasteiger partial charge < -0.3 is 15.7 Å². The third kappa shape index (κ3) is 4.73. The summed E-state index contributed by atoms with van der Waals surface area (Å²) in [6, 6.07) is 3.47. The highest BCUT2D eigenvalue weighted by atomic mass is 19.4. The van der Waals surface area contributed by atoms with Gasteiger partial charge in [-0.2, -0.15) is 13.2 Å². The average molecular weight is 290 g/mol. The van der Waals surface area contributed by atoms with Crippen molar-refractivity contribution >= 4 is 11.7 Å². The first kappa shape index (κ1) is 16.3. The van der Waals surface area contributed by atoms with Gasteiger partial charge in [0.05, 0.1) is 5.56 Å². The molecule has 20 heavy (non-hydrogen) atoms. The third-order valence-electron chi connectivity index (χ3n) is 2.95. The molecule has 0 saturated heterocycles. The van der Waals surface area contributed by atoms with Gasteiger partial charge in [-0.1, -0.05) is 13.0 Å². The Kier molecular flexibility index (Phi) is 5.38. The lowest BCUT2D eigenvalue weighted by molar-refractivity contribution is -0.137. The van der Waals surface area contributed by atoms with Crippen LogP contribution in [0.15, 0.2) is 24.3 Å². The molecule has 0 bridgehead atoms. The third-order valence-corrected chi connectivity index (χ3v) is 2.95. The van der Waals surface area contributed by atoms with E-state index in [-0.39, 0.29) is 24.3 Å². The molecule has 0 radical (unpaired) electrons. The van der Waals surface area contributed by atoms with Gasteiger partial charge in [0.25, 0.3) is 0 Å². The predicted octanol–water partition coefficient (Wildman–Crippen LogP) is 2.84. The van der Waals surface area contributed by atoms with E-state index in [2.05, 4.69) is 10.6 Å². The van der Waals surface area contributed by atoms with Gasteiger partial charge in [-0.3, -0.25) is 0 Å². The highest BCUT2D eigenvalue weighted by molar-refractivity contribution is 5.89. The minimum absolute atomic E-state index is 0.0566. The van der Waals surface area contributed by atoms with Crippen LogP contribution in [0.2, 0.25) is 0 Å². The molecule has 1 aromatic carbocycles. The van der Waals surface area contributed by atoms with E-state index in [1.807, 2.05) is 0 Å². The molecule has 1 aromatic rings. The lowest BCUT2D eigenvalue weighted by atomic mass is 10.1. The summed E-state index contributed by atoms with van der Waals surface area (Å²) in [6.45, 7) is 3.35. The quantitative estimate of drug-likeness (QED) is 0.798. The molecule has 3 N–H and O–H groups in total. The summed E-state index contributed by atoms with van der Waals surface area (Å²) in [7, 11) is 0. The molecular weight excluding hydrogens is 273 g/mol. The van der Waals surface area contributed by atoms with Crippen LogP contribution in [-0.4, -0.2) is 23.8 Å². The largest absolute Gasteiger partial charge is 0.416 e. The Morgan fingerprint density at radius 1 is 1.35 bits per heavy atom. The van der Waals surface area contributed by atoms with Crippen LogP contribution in [0.5, 0.6) is 0 Å². The van der Waals surface area contributed by atoms with Crippen molar-refractivity contribution in [3.8, 4) is 0 Å². The van der Waals surface area contributed by atoms with E-state index >= 15 is 0 Å². The van der Waals surface area contributed by atoms with Crippen LogP contribution in [0.3, 0.4) is 0 Å². The lowest BCUT2D eigenvalue weighted by Crippen LogP contribution is -2.40. The summed E-state index contributed by atoms with van der Waals surface area (Å²) in [6.07, 6.45) is -4.45. The van der Waals surface area contributed by atoms with E-state index in [4.69, 9.17) is 5.11 Å². The molecular formula is C13H17F3N2O2. The molecule has 0 fully saturated rings. The molecule has 7 heteroatoms. The molecule has 0 spiro atoms. The zero-order chi connectivity index (χ0) is 15.3. The van der Waals surface area contributed by atoms with Crippen molar-refractivity contribution in [3.05, 3.63) is 29.8 Å². The summed E-state index contributed by atoms with van der Waals surface area (Å²) in [5, 5.41) is 13.8. The molecule has 0 aliphatic rings. The van der Waals surface area contributed by atoms with Gasteiger partial charge in [0.1, 0.15) is 0 Å². The number of amides is 2. The molecule has 0 saturated carbocycles. The molecule has 0 aliphatic carbocycles. The van der Waals surface area contributed by atoms with Crippen molar-refractivity contribution < 1.29 is 23.1 Å². The Bertz CT molecular complexity index is 463. The van der Waals surface area contributed by atoms with Gasteiger partial charge in [-0.05, 0) is 31.0 Å². The maximum absolute atomic E-state index is 12.5. The zero-order valence-electron chi connectivity index (χ0n) is 11.2. The Hall–Kier alpha value is -1.76. The van der Waals surface area contributed by atoms with Crippen molar-refractivity contribution in [2.24, 2.45) is 5.92 Å². The van der Waals surface area contributed by atoms with Gasteiger partial charge in [0.2, 0.25) is 0 Å². The monoisotopic (exact) mass is 290 g/mol. The van der Waals surface area contributed by atoms with Gasteiger partial charge in [-0.25, -0.2) is 4.79 Å². The highest BCUT2D eigenvalue weighted by Gasteiger charge is 2.30. The van der Waals surface area contributed by atoms with Crippen LogP contribution in [0.4, 0.5) is 23.7 Å². The number of anilines is 1. The predicted molar refractivity (Wildman–Crippen MR) is 69.3 cm³/mol. The van der Waals surface area contributed by atoms with E-state index < -0.39 is 17.8 Å². The first-order chi connectivity index (χ1) is 9.24. The molecule has 112 valence electrons. The molecule has 4 nitrogen and oxygen atoms in total. The topological polar surface area (TPSA) is 61.4 Å². The first-order valence-electron chi connectivity index (χ1n) is 6.09. The highest BCUT2D eigenvalue weighted by Crippen LogP contribution is 2.30. The van der Waals surface area contributed by atoms with Crippen molar-refractivity contribution in [1.82, 2.24) is 5.32 Å². The summed E-state index contributed by atoms with van der Waals surface area (Å²) in [4.78, 5) is 11.6. The Labute approximate surface area is 115 Å². The fraction of sp³-hybridized carbons (Fsp3) is 0.462. The van der Waals surface area contributed by atoms with Crippen molar-refractivity contribution in [2.45, 2.75) is 26.1 Å². The fourth-order valence-corrected chi connectivity index (χ4v) is 1.45. The zero-order valence-corrected chi connectivity index (χ0v) is 11.2. The van der Waals surface area contributed by atoms with E-state index in [0.717, 1.165) is 12.1 Å². The molecule has 0 aromatic heterocycles. The number of carbonyl (C=O) groups excluding carboxylic acids is 1. The minimum Gasteiger partial charge on any atom is -0.396 e. The standard InChI is InChI=1S/C13H17F3N2O2/c1-8(7-19)9(2)17-12(20)18-11-5-3-4-10(6-11)13(14,15)16/h3-6,8-9,19H,7H2,1-2H3,(H2,17,18,20). The molecule has 1 rings (SSSR count). The van der Waals surface area contributed by atoms with Gasteiger partial charge in [0.15, 0.2) is 0 Å². The van der Waals surface area contributed by atoms with Crippen LogP contribution < -0.4 is 10.6 Å². The number of aliphatic hydroxyl groups is 1. The summed E-state index contributed by atoms with van der Waals surface area (Å²) in [5.74, 6) is -0.151. The van der Waals surface area contributed by atoms with E-state index in [1.54, 1.807) is 13.8 Å². The summed E-state index contributed by atoms with van der Waals surface area (Å²) >= 11 is 0. The van der Waals surface area contributed by atoms with Gasteiger partial charge >= 0.3 is 12.2 Å². The molecule has 2 unspecified atom stereocenters. The fourth-order valence-electron chi connectivity index (χ4n) is 1.45. The van der Waals surface area contributed by atoms with Crippen molar-refractivity contribution in [1.29, 1.82) is 0 Å². The second-order valence-electron chi connectivity index (χ2n) is 4.63. The van der Waals surface area contributed by atoms with Crippen molar-refractivity contribution in [2.75, 3.05) is 11.9 Å². The van der Waals surface area contributed by atoms with Crippen LogP contribution in [-0.2, 0) is 6.18 Å². The maximum atomic E-state index is 12.5. The second kappa shape index (κ2) is 6.60. The lowest BCUT2D eigenvalue weighted by Gasteiger charge is -2.19. The van der Waals surface area contributed by atoms with E-state index in [1.165, 1.54) is 12.1 Å². The number of alkyl halides is 3. The number of aliphatic hydroxyl groups excluding tert-OH is 1. The number of rotatable bonds is 4. The number of hydrogen-bond acceptors (Lipinski definition) is 2. The van der Waals surface area contributed by atoms with Crippen molar-refractivity contribution in [3.63, 3.8) is 0 Å². The van der Waals surface area contributed by atoms with E-state index in [0.29, 0.717) is 0 Å². The smallest absolute Gasteiger partial charge is 0.396 e. The maximum Gasteiger partial charge on any atom is 0.416 e. The molecule has 2 atom stereocenters. The second-order valence-corrected chi connectivity index (χ2v) is 4.63. The van der Waals surface area contributed by atoms with Crippen LogP contribution >= 0.6 is 0 Å². The molecule has 0 heterocycles.